The first-order valence-corrected chi connectivity index (χ1v) is 6.34. The van der Waals surface area contributed by atoms with Gasteiger partial charge in [0, 0.05) is 6.92 Å². The Bertz CT molecular complexity index is 581. The lowest BCUT2D eigenvalue weighted by molar-refractivity contribution is -0.150. The molecule has 1 aromatic carbocycles. The van der Waals surface area contributed by atoms with Gasteiger partial charge in [-0.05, 0) is 11.1 Å². The number of ether oxygens (including phenoxy) is 2. The van der Waals surface area contributed by atoms with Crippen molar-refractivity contribution in [3.05, 3.63) is 41.7 Å². The Hall–Kier alpha value is -2.67. The summed E-state index contributed by atoms with van der Waals surface area (Å²) in [6, 6.07) is 5.69. The molecule has 0 bridgehead atoms. The fraction of sp³-hybridized carbons (Fsp3) is 0.267. The molecule has 1 unspecified atom stereocenters. The highest BCUT2D eigenvalue weighted by Crippen LogP contribution is 2.25. The number of hydrogen-bond acceptors (Lipinski definition) is 7. The summed E-state index contributed by atoms with van der Waals surface area (Å²) in [5, 5.41) is 0. The fourth-order valence-corrected chi connectivity index (χ4v) is 1.77. The molecule has 22 heavy (non-hydrogen) atoms. The van der Waals surface area contributed by atoms with Crippen LogP contribution in [0, 0.1) is 0 Å². The second kappa shape index (κ2) is 8.58. The van der Waals surface area contributed by atoms with Crippen molar-refractivity contribution in [1.29, 1.82) is 0 Å². The lowest BCUT2D eigenvalue weighted by atomic mass is 9.96. The molecule has 0 heterocycles. The molecular weight excluding hydrogens is 290 g/mol. The van der Waals surface area contributed by atoms with Gasteiger partial charge in [0.25, 0.3) is 0 Å². The van der Waals surface area contributed by atoms with Crippen molar-refractivity contribution >= 4 is 23.8 Å². The number of aldehydes is 1. The molecule has 118 valence electrons. The molecule has 0 spiro atoms. The van der Waals surface area contributed by atoms with E-state index in [-0.39, 0.29) is 5.57 Å². The molecule has 1 N–H and O–H groups in total. The monoisotopic (exact) mass is 307 g/mol. The third-order valence-corrected chi connectivity index (χ3v) is 2.69. The van der Waals surface area contributed by atoms with Crippen LogP contribution in [0.25, 0.3) is 5.57 Å². The Morgan fingerprint density at radius 2 is 1.91 bits per heavy atom. The van der Waals surface area contributed by atoms with Crippen LogP contribution in [0.2, 0.25) is 0 Å². The van der Waals surface area contributed by atoms with Crippen LogP contribution in [0.1, 0.15) is 24.1 Å². The molecule has 0 saturated carbocycles. The van der Waals surface area contributed by atoms with Crippen LogP contribution in [-0.2, 0) is 28.7 Å². The molecule has 7 heteroatoms. The number of hydrogen-bond donors (Lipinski definition) is 1. The van der Waals surface area contributed by atoms with Crippen molar-refractivity contribution in [2.75, 3.05) is 14.2 Å². The Morgan fingerprint density at radius 3 is 2.45 bits per heavy atom. The van der Waals surface area contributed by atoms with Gasteiger partial charge in [-0.25, -0.2) is 4.79 Å². The SMILES string of the molecule is COC=C(C(=O)OC)c1ccccc1C(C=O)NOC(C)=O. The van der Waals surface area contributed by atoms with E-state index in [4.69, 9.17) is 9.47 Å². The highest BCUT2D eigenvalue weighted by atomic mass is 16.7. The molecule has 0 radical (unpaired) electrons. The van der Waals surface area contributed by atoms with Crippen LogP contribution in [0.4, 0.5) is 0 Å². The van der Waals surface area contributed by atoms with Crippen molar-refractivity contribution in [2.24, 2.45) is 0 Å². The first kappa shape index (κ1) is 17.4. The topological polar surface area (TPSA) is 90.9 Å². The summed E-state index contributed by atoms with van der Waals surface area (Å²) < 4.78 is 9.60. The number of nitrogens with one attached hydrogen (secondary N) is 1. The summed E-state index contributed by atoms with van der Waals surface area (Å²) in [5.41, 5.74) is 3.34. The van der Waals surface area contributed by atoms with E-state index in [1.807, 2.05) is 0 Å². The molecule has 0 amide bonds. The normalized spacial score (nSPS) is 12.2. The summed E-state index contributed by atoms with van der Waals surface area (Å²) in [7, 11) is 2.63. The molecule has 0 aromatic heterocycles. The summed E-state index contributed by atoms with van der Waals surface area (Å²) >= 11 is 0. The molecule has 1 atom stereocenters. The molecule has 0 aliphatic heterocycles. The third-order valence-electron chi connectivity index (χ3n) is 2.69. The van der Waals surface area contributed by atoms with Crippen LogP contribution < -0.4 is 5.48 Å². The van der Waals surface area contributed by atoms with E-state index in [1.165, 1.54) is 27.4 Å². The smallest absolute Gasteiger partial charge is 0.341 e. The van der Waals surface area contributed by atoms with Gasteiger partial charge in [0.1, 0.15) is 17.9 Å². The van der Waals surface area contributed by atoms with E-state index < -0.39 is 18.0 Å². The minimum absolute atomic E-state index is 0.136. The maximum atomic E-state index is 11.9. The predicted molar refractivity (Wildman–Crippen MR) is 77.2 cm³/mol. The molecule has 1 rings (SSSR count). The van der Waals surface area contributed by atoms with Gasteiger partial charge in [-0.2, -0.15) is 0 Å². The lowest BCUT2D eigenvalue weighted by Gasteiger charge is -2.16. The average molecular weight is 307 g/mol. The Kier molecular flexibility index (Phi) is 6.78. The standard InChI is InChI=1S/C15H17NO6/c1-10(18)22-16-14(8-17)12-7-5-4-6-11(12)13(9-20-2)15(19)21-3/h4-9,14,16H,1-3H3. The van der Waals surface area contributed by atoms with Crippen LogP contribution in [0.5, 0.6) is 0 Å². The predicted octanol–water partition coefficient (Wildman–Crippen LogP) is 1.15. The largest absolute Gasteiger partial charge is 0.503 e. The van der Waals surface area contributed by atoms with Crippen molar-refractivity contribution in [3.63, 3.8) is 0 Å². The summed E-state index contributed by atoms with van der Waals surface area (Å²) in [5.74, 6) is -1.21. The van der Waals surface area contributed by atoms with Gasteiger partial charge in [0.2, 0.25) is 0 Å². The Labute approximate surface area is 127 Å². The quantitative estimate of drug-likeness (QED) is 0.266. The molecular formula is C15H17NO6. The third kappa shape index (κ3) is 4.42. The number of methoxy groups -OCH3 is 2. The van der Waals surface area contributed by atoms with E-state index in [9.17, 15) is 14.4 Å². The number of carbonyl (C=O) groups excluding carboxylic acids is 3. The summed E-state index contributed by atoms with van der Waals surface area (Å²) in [4.78, 5) is 38.6. The maximum absolute atomic E-state index is 11.9. The minimum atomic E-state index is -0.940. The maximum Gasteiger partial charge on any atom is 0.341 e. The number of hydroxylamine groups is 1. The number of esters is 1. The van der Waals surface area contributed by atoms with E-state index in [1.54, 1.807) is 24.3 Å². The van der Waals surface area contributed by atoms with Crippen LogP contribution >= 0.6 is 0 Å². The van der Waals surface area contributed by atoms with E-state index in [2.05, 4.69) is 10.3 Å². The van der Waals surface area contributed by atoms with Crippen molar-refractivity contribution in [3.8, 4) is 0 Å². The van der Waals surface area contributed by atoms with Gasteiger partial charge < -0.3 is 19.1 Å². The highest BCUT2D eigenvalue weighted by Gasteiger charge is 2.22. The van der Waals surface area contributed by atoms with Crippen LogP contribution in [0.15, 0.2) is 30.5 Å². The second-order valence-electron chi connectivity index (χ2n) is 4.17. The molecule has 7 nitrogen and oxygen atoms in total. The van der Waals surface area contributed by atoms with Gasteiger partial charge in [-0.3, -0.25) is 4.79 Å². The zero-order valence-corrected chi connectivity index (χ0v) is 12.5. The van der Waals surface area contributed by atoms with Crippen molar-refractivity contribution in [2.45, 2.75) is 13.0 Å². The molecule has 0 aliphatic carbocycles. The zero-order chi connectivity index (χ0) is 16.5. The number of benzene rings is 1. The van der Waals surface area contributed by atoms with Gasteiger partial charge in [-0.1, -0.05) is 24.3 Å². The minimum Gasteiger partial charge on any atom is -0.503 e. The first-order chi connectivity index (χ1) is 10.5. The van der Waals surface area contributed by atoms with Crippen molar-refractivity contribution < 1.29 is 28.7 Å². The van der Waals surface area contributed by atoms with E-state index in [0.717, 1.165) is 0 Å². The van der Waals surface area contributed by atoms with E-state index in [0.29, 0.717) is 17.4 Å². The summed E-state index contributed by atoms with van der Waals surface area (Å²) in [6.45, 7) is 1.20. The van der Waals surface area contributed by atoms with Crippen LogP contribution in [-0.4, -0.2) is 32.4 Å². The van der Waals surface area contributed by atoms with Gasteiger partial charge in [-0.15, -0.1) is 5.48 Å². The Morgan fingerprint density at radius 1 is 1.23 bits per heavy atom. The van der Waals surface area contributed by atoms with Gasteiger partial charge in [0.05, 0.1) is 20.5 Å². The number of carbonyl (C=O) groups is 3. The van der Waals surface area contributed by atoms with Gasteiger partial charge in [0.15, 0.2) is 0 Å². The van der Waals surface area contributed by atoms with Gasteiger partial charge >= 0.3 is 11.9 Å². The second-order valence-corrected chi connectivity index (χ2v) is 4.17. The first-order valence-electron chi connectivity index (χ1n) is 6.34. The van der Waals surface area contributed by atoms with E-state index >= 15 is 0 Å². The number of rotatable bonds is 7. The van der Waals surface area contributed by atoms with Crippen molar-refractivity contribution in [1.82, 2.24) is 5.48 Å². The molecule has 0 fully saturated rings. The zero-order valence-electron chi connectivity index (χ0n) is 12.5. The Balaban J connectivity index is 3.26. The van der Waals surface area contributed by atoms with Crippen LogP contribution in [0.3, 0.4) is 0 Å². The molecule has 0 aliphatic rings. The fourth-order valence-electron chi connectivity index (χ4n) is 1.77. The highest BCUT2D eigenvalue weighted by molar-refractivity contribution is 6.16. The summed E-state index contributed by atoms with van der Waals surface area (Å²) in [6.07, 6.45) is 1.78. The average Bonchev–Trinajstić information content (AvgIpc) is 2.53. The molecule has 1 aromatic rings. The lowest BCUT2D eigenvalue weighted by Crippen LogP contribution is -2.26. The molecule has 0 saturated heterocycles.